The van der Waals surface area contributed by atoms with E-state index in [2.05, 4.69) is 30.1 Å². The van der Waals surface area contributed by atoms with Gasteiger partial charge in [0, 0.05) is 18.0 Å². The second kappa shape index (κ2) is 7.00. The number of halogens is 2. The van der Waals surface area contributed by atoms with Crippen LogP contribution in [-0.4, -0.2) is 36.9 Å². The number of hydrogen-bond donors (Lipinski definition) is 0. The fourth-order valence-corrected chi connectivity index (χ4v) is 4.79. The molecule has 2 heterocycles. The highest BCUT2D eigenvalue weighted by atomic mass is 35.5. The molecule has 0 amide bonds. The van der Waals surface area contributed by atoms with Crippen molar-refractivity contribution >= 4 is 28.9 Å². The fourth-order valence-electron chi connectivity index (χ4n) is 4.49. The fraction of sp³-hybridized carbons (Fsp3) is 0.611. The van der Waals surface area contributed by atoms with Gasteiger partial charge in [-0.1, -0.05) is 41.3 Å². The van der Waals surface area contributed by atoms with E-state index in [1.807, 2.05) is 12.1 Å². The topological polar surface area (TPSA) is 24.8 Å². The van der Waals surface area contributed by atoms with Crippen molar-refractivity contribution in [3.05, 3.63) is 33.8 Å². The molecule has 23 heavy (non-hydrogen) atoms. The summed E-state index contributed by atoms with van der Waals surface area (Å²) in [6, 6.07) is 7.25. The van der Waals surface area contributed by atoms with Gasteiger partial charge in [-0.2, -0.15) is 0 Å². The molecule has 3 nitrogen and oxygen atoms in total. The van der Waals surface area contributed by atoms with E-state index in [1.165, 1.54) is 18.4 Å². The first-order valence-electron chi connectivity index (χ1n) is 8.33. The molecule has 2 bridgehead atoms. The van der Waals surface area contributed by atoms with Gasteiger partial charge in [-0.15, -0.1) is 0 Å². The Morgan fingerprint density at radius 3 is 2.74 bits per heavy atom. The van der Waals surface area contributed by atoms with Gasteiger partial charge in [0.05, 0.1) is 15.8 Å². The lowest BCUT2D eigenvalue weighted by Crippen LogP contribution is -2.48. The van der Waals surface area contributed by atoms with Crippen molar-refractivity contribution < 1.29 is 4.84 Å². The second-order valence-electron chi connectivity index (χ2n) is 6.62. The van der Waals surface area contributed by atoms with Gasteiger partial charge in [0.15, 0.2) is 0 Å². The van der Waals surface area contributed by atoms with E-state index in [9.17, 15) is 0 Å². The minimum absolute atomic E-state index is 0.376. The summed E-state index contributed by atoms with van der Waals surface area (Å²) in [5.74, 6) is 0.799. The average Bonchev–Trinajstić information content (AvgIpc) is 2.78. The van der Waals surface area contributed by atoms with Crippen LogP contribution < -0.4 is 0 Å². The van der Waals surface area contributed by atoms with Crippen LogP contribution in [0.5, 0.6) is 0 Å². The predicted octanol–water partition coefficient (Wildman–Crippen LogP) is 4.97. The zero-order valence-corrected chi connectivity index (χ0v) is 15.4. The number of piperidine rings is 1. The predicted molar refractivity (Wildman–Crippen MR) is 96.6 cm³/mol. The Balaban J connectivity index is 2.01. The van der Waals surface area contributed by atoms with E-state index >= 15 is 0 Å². The van der Waals surface area contributed by atoms with E-state index in [0.29, 0.717) is 34.0 Å². The molecule has 0 N–H and O–H groups in total. The van der Waals surface area contributed by atoms with Crippen molar-refractivity contribution in [3.63, 3.8) is 0 Å². The molecule has 0 spiro atoms. The van der Waals surface area contributed by atoms with Crippen LogP contribution in [0.25, 0.3) is 0 Å². The molecular weight excluding hydrogens is 331 g/mol. The Morgan fingerprint density at radius 1 is 1.30 bits per heavy atom. The number of oxime groups is 1. The Hall–Kier alpha value is -0.770. The van der Waals surface area contributed by atoms with Crippen LogP contribution >= 0.6 is 23.2 Å². The molecule has 2 fully saturated rings. The molecule has 1 aromatic carbocycles. The smallest absolute Gasteiger partial charge is 0.106 e. The lowest BCUT2D eigenvalue weighted by Gasteiger charge is -2.43. The summed E-state index contributed by atoms with van der Waals surface area (Å²) in [4.78, 5) is 7.68. The minimum Gasteiger partial charge on any atom is -0.399 e. The van der Waals surface area contributed by atoms with Crippen molar-refractivity contribution in [2.24, 2.45) is 11.1 Å². The maximum Gasteiger partial charge on any atom is 0.106 e. The molecule has 0 saturated carbocycles. The Kier molecular flexibility index (Phi) is 5.19. The van der Waals surface area contributed by atoms with E-state index in [4.69, 9.17) is 28.0 Å². The van der Waals surface area contributed by atoms with Crippen molar-refractivity contribution in [1.82, 2.24) is 4.90 Å². The van der Waals surface area contributed by atoms with Gasteiger partial charge < -0.3 is 4.84 Å². The molecule has 1 unspecified atom stereocenters. The zero-order chi connectivity index (χ0) is 16.6. The van der Waals surface area contributed by atoms with Crippen LogP contribution in [0, 0.1) is 5.92 Å². The molecule has 0 aliphatic carbocycles. The molecular formula is C18H24Cl2N2O. The molecule has 3 rings (SSSR count). The third kappa shape index (κ3) is 3.11. The second-order valence-corrected chi connectivity index (χ2v) is 7.44. The van der Waals surface area contributed by atoms with Gasteiger partial charge >= 0.3 is 0 Å². The Morgan fingerprint density at radius 2 is 2.09 bits per heavy atom. The van der Waals surface area contributed by atoms with E-state index in [-0.39, 0.29) is 0 Å². The van der Waals surface area contributed by atoms with Gasteiger partial charge in [0.25, 0.3) is 0 Å². The highest BCUT2D eigenvalue weighted by Crippen LogP contribution is 2.47. The van der Waals surface area contributed by atoms with Gasteiger partial charge in [-0.05, 0) is 56.3 Å². The highest BCUT2D eigenvalue weighted by Gasteiger charge is 2.47. The summed E-state index contributed by atoms with van der Waals surface area (Å²) in [5, 5.41) is 5.61. The molecule has 2 saturated heterocycles. The molecule has 1 aromatic rings. The number of hydrogen-bond acceptors (Lipinski definition) is 3. The van der Waals surface area contributed by atoms with E-state index in [0.717, 1.165) is 18.6 Å². The van der Waals surface area contributed by atoms with Gasteiger partial charge in [0.2, 0.25) is 0 Å². The summed E-state index contributed by atoms with van der Waals surface area (Å²) >= 11 is 12.4. The molecule has 2 aliphatic rings. The molecule has 5 heteroatoms. The molecule has 0 radical (unpaired) electrons. The number of nitrogens with zero attached hydrogens (tertiary/aromatic N) is 2. The Labute approximate surface area is 148 Å². The van der Waals surface area contributed by atoms with Crippen molar-refractivity contribution in [2.75, 3.05) is 14.2 Å². The van der Waals surface area contributed by atoms with Crippen LogP contribution in [0.3, 0.4) is 0 Å². The third-order valence-corrected chi connectivity index (χ3v) is 6.34. The zero-order valence-electron chi connectivity index (χ0n) is 13.9. The quantitative estimate of drug-likeness (QED) is 0.563. The van der Waals surface area contributed by atoms with Crippen LogP contribution in [-0.2, 0) is 4.84 Å². The monoisotopic (exact) mass is 354 g/mol. The van der Waals surface area contributed by atoms with Gasteiger partial charge in [-0.3, -0.25) is 4.90 Å². The number of fused-ring (bicyclic) bond motifs is 2. The standard InChI is InChI=1S/C18H24Cl2N2O/c1-4-16(21-23-3)18-13(10-12-6-8-17(18)22(12)2)11-5-7-14(19)15(20)9-11/h5,7,9,12-13,17-18H,4,6,8,10H2,1-3H3/t12?,13-,17+,18-/m1/s1. The van der Waals surface area contributed by atoms with Crippen molar-refractivity contribution in [2.45, 2.75) is 50.6 Å². The maximum absolute atomic E-state index is 6.28. The van der Waals surface area contributed by atoms with Crippen LogP contribution in [0.15, 0.2) is 23.4 Å². The van der Waals surface area contributed by atoms with Gasteiger partial charge in [0.1, 0.15) is 7.11 Å². The van der Waals surface area contributed by atoms with Crippen LogP contribution in [0.1, 0.15) is 44.1 Å². The van der Waals surface area contributed by atoms with Crippen LogP contribution in [0.4, 0.5) is 0 Å². The largest absolute Gasteiger partial charge is 0.399 e. The summed E-state index contributed by atoms with van der Waals surface area (Å²) in [5.41, 5.74) is 2.42. The van der Waals surface area contributed by atoms with Gasteiger partial charge in [-0.25, -0.2) is 0 Å². The maximum atomic E-state index is 6.28. The van der Waals surface area contributed by atoms with Crippen LogP contribution in [0.2, 0.25) is 10.0 Å². The molecule has 0 aromatic heterocycles. The highest BCUT2D eigenvalue weighted by molar-refractivity contribution is 6.42. The first kappa shape index (κ1) is 17.1. The summed E-state index contributed by atoms with van der Waals surface area (Å²) < 4.78 is 0. The first-order chi connectivity index (χ1) is 11.1. The van der Waals surface area contributed by atoms with Crippen molar-refractivity contribution in [1.29, 1.82) is 0 Å². The third-order valence-electron chi connectivity index (χ3n) is 5.60. The van der Waals surface area contributed by atoms with E-state index in [1.54, 1.807) is 7.11 Å². The average molecular weight is 355 g/mol. The summed E-state index contributed by atoms with van der Waals surface area (Å²) in [6.45, 7) is 2.16. The minimum atomic E-state index is 0.376. The normalized spacial score (nSPS) is 31.4. The summed E-state index contributed by atoms with van der Waals surface area (Å²) in [6.07, 6.45) is 4.54. The number of rotatable bonds is 4. The molecule has 2 aliphatic heterocycles. The SMILES string of the molecule is CCC(=NOC)[C@H]1[C@@H](c2ccc(Cl)c(Cl)c2)CC2CC[C@@H]1N2C. The Bertz CT molecular complexity index is 605. The first-order valence-corrected chi connectivity index (χ1v) is 9.09. The lowest BCUT2D eigenvalue weighted by molar-refractivity contribution is 0.127. The lowest BCUT2D eigenvalue weighted by atomic mass is 9.73. The molecule has 4 atom stereocenters. The van der Waals surface area contributed by atoms with Crippen molar-refractivity contribution in [3.8, 4) is 0 Å². The number of benzene rings is 1. The molecule has 126 valence electrons. The van der Waals surface area contributed by atoms with E-state index < -0.39 is 0 Å². The summed E-state index contributed by atoms with van der Waals surface area (Å²) in [7, 11) is 3.88.